The summed E-state index contributed by atoms with van der Waals surface area (Å²) in [5.41, 5.74) is 0. The molecule has 0 N–H and O–H groups in total. The second-order valence-corrected chi connectivity index (χ2v) is 8.95. The SMILES string of the molecule is CO[Si]12OCCN1C(C(C)C)C(C(C)C)N2C. The zero-order valence-corrected chi connectivity index (χ0v) is 12.9. The van der Waals surface area contributed by atoms with Gasteiger partial charge in [0.05, 0.1) is 6.61 Å². The highest BCUT2D eigenvalue weighted by Gasteiger charge is 2.65. The van der Waals surface area contributed by atoms with Crippen LogP contribution < -0.4 is 0 Å². The molecule has 0 saturated carbocycles. The first-order valence-corrected chi connectivity index (χ1v) is 8.35. The maximum Gasteiger partial charge on any atom is 0.522 e. The molecule has 2 rings (SSSR count). The van der Waals surface area contributed by atoms with E-state index in [-0.39, 0.29) is 0 Å². The second kappa shape index (κ2) is 4.62. The van der Waals surface area contributed by atoms with Crippen LogP contribution >= 0.6 is 0 Å². The van der Waals surface area contributed by atoms with Crippen molar-refractivity contribution >= 4 is 8.88 Å². The Labute approximate surface area is 106 Å². The molecule has 0 bridgehead atoms. The quantitative estimate of drug-likeness (QED) is 0.714. The molecule has 2 aliphatic heterocycles. The Hall–Kier alpha value is 0.0569. The molecule has 0 amide bonds. The van der Waals surface area contributed by atoms with E-state index >= 15 is 0 Å². The lowest BCUT2D eigenvalue weighted by atomic mass is 9.89. The Balaban J connectivity index is 2.37. The van der Waals surface area contributed by atoms with Crippen LogP contribution in [0.4, 0.5) is 0 Å². The van der Waals surface area contributed by atoms with Gasteiger partial charge >= 0.3 is 8.88 Å². The van der Waals surface area contributed by atoms with Crippen molar-refractivity contribution in [2.75, 3.05) is 27.3 Å². The van der Waals surface area contributed by atoms with Crippen molar-refractivity contribution in [1.29, 1.82) is 0 Å². The van der Waals surface area contributed by atoms with Crippen LogP contribution in [0.2, 0.25) is 0 Å². The third kappa shape index (κ3) is 1.79. The molecule has 2 heterocycles. The summed E-state index contributed by atoms with van der Waals surface area (Å²) >= 11 is 0. The smallest absolute Gasteiger partial charge is 0.374 e. The number of hydrogen-bond donors (Lipinski definition) is 0. The third-order valence-electron chi connectivity index (χ3n) is 4.22. The van der Waals surface area contributed by atoms with Gasteiger partial charge in [-0.05, 0) is 18.9 Å². The molecule has 100 valence electrons. The molecule has 2 fully saturated rings. The predicted octanol–water partition coefficient (Wildman–Crippen LogP) is 1.40. The summed E-state index contributed by atoms with van der Waals surface area (Å²) in [6, 6.07) is 1.11. The van der Waals surface area contributed by atoms with Gasteiger partial charge in [-0.15, -0.1) is 0 Å². The molecule has 3 unspecified atom stereocenters. The molecule has 17 heavy (non-hydrogen) atoms. The minimum absolute atomic E-state index is 0.543. The van der Waals surface area contributed by atoms with Gasteiger partial charge in [0.15, 0.2) is 0 Å². The molecular weight excluding hydrogens is 232 g/mol. The lowest BCUT2D eigenvalue weighted by Crippen LogP contribution is -2.59. The predicted molar refractivity (Wildman–Crippen MR) is 70.4 cm³/mol. The molecule has 0 spiro atoms. The first-order valence-electron chi connectivity index (χ1n) is 6.64. The fraction of sp³-hybridized carbons (Fsp3) is 1.00. The van der Waals surface area contributed by atoms with Crippen LogP contribution in [0.15, 0.2) is 0 Å². The molecule has 4 nitrogen and oxygen atoms in total. The monoisotopic (exact) mass is 258 g/mol. The number of nitrogens with zero attached hydrogens (tertiary/aromatic N) is 2. The largest absolute Gasteiger partial charge is 0.522 e. The Morgan fingerprint density at radius 1 is 1.18 bits per heavy atom. The van der Waals surface area contributed by atoms with Crippen LogP contribution in [0.25, 0.3) is 0 Å². The second-order valence-electron chi connectivity index (χ2n) is 5.87. The molecule has 0 aromatic heterocycles. The van der Waals surface area contributed by atoms with E-state index in [1.807, 2.05) is 0 Å². The van der Waals surface area contributed by atoms with E-state index in [1.54, 1.807) is 7.11 Å². The molecule has 2 aliphatic rings. The van der Waals surface area contributed by atoms with Gasteiger partial charge in [-0.3, -0.25) is 9.13 Å². The van der Waals surface area contributed by atoms with Crippen molar-refractivity contribution in [1.82, 2.24) is 9.13 Å². The van der Waals surface area contributed by atoms with Crippen molar-refractivity contribution in [3.8, 4) is 0 Å². The van der Waals surface area contributed by atoms with Crippen LogP contribution in [-0.2, 0) is 8.85 Å². The summed E-state index contributed by atoms with van der Waals surface area (Å²) in [4.78, 5) is 0. The average Bonchev–Trinajstić information content (AvgIpc) is 2.75. The van der Waals surface area contributed by atoms with Crippen LogP contribution in [0.1, 0.15) is 27.7 Å². The van der Waals surface area contributed by atoms with E-state index in [2.05, 4.69) is 43.9 Å². The summed E-state index contributed by atoms with van der Waals surface area (Å²) in [6.07, 6.45) is 0. The van der Waals surface area contributed by atoms with Crippen molar-refractivity contribution in [3.05, 3.63) is 0 Å². The first kappa shape index (κ1) is 13.5. The van der Waals surface area contributed by atoms with Gasteiger partial charge in [0, 0.05) is 25.7 Å². The van der Waals surface area contributed by atoms with E-state index in [9.17, 15) is 0 Å². The third-order valence-corrected chi connectivity index (χ3v) is 7.77. The maximum atomic E-state index is 6.06. The van der Waals surface area contributed by atoms with Crippen molar-refractivity contribution in [2.24, 2.45) is 11.8 Å². The van der Waals surface area contributed by atoms with Crippen LogP contribution in [-0.4, -0.2) is 57.4 Å². The zero-order valence-electron chi connectivity index (χ0n) is 11.9. The summed E-state index contributed by atoms with van der Waals surface area (Å²) in [5.74, 6) is 1.26. The highest BCUT2D eigenvalue weighted by molar-refractivity contribution is 6.63. The Kier molecular flexibility index (Phi) is 3.67. The Morgan fingerprint density at radius 2 is 1.76 bits per heavy atom. The maximum absolute atomic E-state index is 6.06. The van der Waals surface area contributed by atoms with E-state index in [0.29, 0.717) is 23.9 Å². The standard InChI is InChI=1S/C12H26N2O2Si/c1-9(2)11-12(10(3)4)14-7-8-16-17(14,15-6)13(11)5/h9-12H,7-8H2,1-6H3. The Bertz CT molecular complexity index is 286. The summed E-state index contributed by atoms with van der Waals surface area (Å²) < 4.78 is 16.9. The van der Waals surface area contributed by atoms with Crippen molar-refractivity contribution < 1.29 is 8.85 Å². The lowest BCUT2D eigenvalue weighted by Gasteiger charge is -2.33. The summed E-state index contributed by atoms with van der Waals surface area (Å²) in [6.45, 7) is 11.1. The molecule has 0 aromatic rings. The number of hydrogen-bond acceptors (Lipinski definition) is 4. The number of fused-ring (bicyclic) bond motifs is 1. The normalized spacial score (nSPS) is 39.5. The van der Waals surface area contributed by atoms with E-state index < -0.39 is 8.88 Å². The fourth-order valence-electron chi connectivity index (χ4n) is 3.66. The van der Waals surface area contributed by atoms with Gasteiger partial charge in [0.1, 0.15) is 0 Å². The highest BCUT2D eigenvalue weighted by atomic mass is 28.4. The number of rotatable bonds is 3. The molecule has 3 atom stereocenters. The van der Waals surface area contributed by atoms with Crippen LogP contribution in [0.3, 0.4) is 0 Å². The van der Waals surface area contributed by atoms with Gasteiger partial charge in [-0.1, -0.05) is 27.7 Å². The molecule has 0 aliphatic carbocycles. The Morgan fingerprint density at radius 3 is 2.24 bits per heavy atom. The number of likely N-dealkylation sites (N-methyl/N-ethyl adjacent to an activating group) is 1. The topological polar surface area (TPSA) is 24.9 Å². The molecule has 2 saturated heterocycles. The van der Waals surface area contributed by atoms with Gasteiger partial charge in [0.25, 0.3) is 0 Å². The van der Waals surface area contributed by atoms with E-state index in [4.69, 9.17) is 8.85 Å². The van der Waals surface area contributed by atoms with Gasteiger partial charge < -0.3 is 8.85 Å². The van der Waals surface area contributed by atoms with Gasteiger partial charge in [-0.25, -0.2) is 0 Å². The minimum atomic E-state index is -2.26. The summed E-state index contributed by atoms with van der Waals surface area (Å²) in [7, 11) is 1.73. The van der Waals surface area contributed by atoms with Crippen LogP contribution in [0, 0.1) is 11.8 Å². The molecule has 5 heteroatoms. The van der Waals surface area contributed by atoms with Crippen LogP contribution in [0.5, 0.6) is 0 Å². The molecule has 0 aromatic carbocycles. The van der Waals surface area contributed by atoms with E-state index in [0.717, 1.165) is 13.2 Å². The highest BCUT2D eigenvalue weighted by Crippen LogP contribution is 2.40. The van der Waals surface area contributed by atoms with Crippen molar-refractivity contribution in [2.45, 2.75) is 39.8 Å². The average molecular weight is 258 g/mol. The van der Waals surface area contributed by atoms with E-state index in [1.165, 1.54) is 0 Å². The summed E-state index contributed by atoms with van der Waals surface area (Å²) in [5, 5.41) is 0. The molecule has 0 radical (unpaired) electrons. The fourth-order valence-corrected chi connectivity index (χ4v) is 7.46. The van der Waals surface area contributed by atoms with Gasteiger partial charge in [0.2, 0.25) is 0 Å². The zero-order chi connectivity index (χ0) is 12.8. The molecular formula is C12H26N2O2Si. The van der Waals surface area contributed by atoms with Gasteiger partial charge in [-0.2, -0.15) is 0 Å². The lowest BCUT2D eigenvalue weighted by molar-refractivity contribution is 0.148. The minimum Gasteiger partial charge on any atom is -0.374 e. The first-order chi connectivity index (χ1) is 7.95. The van der Waals surface area contributed by atoms with Crippen molar-refractivity contribution in [3.63, 3.8) is 0 Å².